The van der Waals surface area contributed by atoms with E-state index in [1.165, 1.54) is 0 Å². The molecule has 8 nitrogen and oxygen atoms in total. The average Bonchev–Trinajstić information content (AvgIpc) is 2.83. The molecule has 3 aliphatic rings. The van der Waals surface area contributed by atoms with Gasteiger partial charge >= 0.3 is 6.03 Å². The first-order valence-corrected chi connectivity index (χ1v) is 8.05. The van der Waals surface area contributed by atoms with Crippen LogP contribution in [0, 0.1) is 5.92 Å². The topological polar surface area (TPSA) is 102 Å². The summed E-state index contributed by atoms with van der Waals surface area (Å²) in [7, 11) is 0. The molecule has 1 unspecified atom stereocenters. The molecule has 3 N–H and O–H groups in total. The molecule has 0 aliphatic carbocycles. The van der Waals surface area contributed by atoms with Crippen LogP contribution in [0.1, 0.15) is 26.7 Å². The molecule has 3 rings (SSSR count). The summed E-state index contributed by atoms with van der Waals surface area (Å²) in [6, 6.07) is 0.255. The van der Waals surface area contributed by atoms with E-state index in [4.69, 9.17) is 9.90 Å². The SMILES string of the molecule is CC(C)N1CC(CN2CC3(CNC(=O)N3)C2)CCC1=O.O=CO. The van der Waals surface area contributed by atoms with Crippen molar-refractivity contribution in [3.05, 3.63) is 0 Å². The fourth-order valence-electron chi connectivity index (χ4n) is 3.66. The maximum Gasteiger partial charge on any atom is 0.315 e. The van der Waals surface area contributed by atoms with Gasteiger partial charge in [-0.25, -0.2) is 4.79 Å². The molecule has 3 fully saturated rings. The van der Waals surface area contributed by atoms with E-state index in [2.05, 4.69) is 29.4 Å². The maximum atomic E-state index is 11.8. The van der Waals surface area contributed by atoms with Crippen molar-refractivity contribution in [3.8, 4) is 0 Å². The monoisotopic (exact) mass is 326 g/mol. The second kappa shape index (κ2) is 7.16. The van der Waals surface area contributed by atoms with Crippen LogP contribution in [-0.4, -0.2) is 77.6 Å². The predicted molar refractivity (Wildman–Crippen MR) is 84.0 cm³/mol. The Labute approximate surface area is 136 Å². The van der Waals surface area contributed by atoms with Gasteiger partial charge in [0.25, 0.3) is 6.47 Å². The lowest BCUT2D eigenvalue weighted by Crippen LogP contribution is -2.69. The summed E-state index contributed by atoms with van der Waals surface area (Å²) < 4.78 is 0. The molecule has 0 aromatic carbocycles. The number of piperidine rings is 1. The molecule has 3 aliphatic heterocycles. The fourth-order valence-corrected chi connectivity index (χ4v) is 3.66. The van der Waals surface area contributed by atoms with Crippen LogP contribution >= 0.6 is 0 Å². The van der Waals surface area contributed by atoms with Crippen LogP contribution in [0.2, 0.25) is 0 Å². The van der Waals surface area contributed by atoms with E-state index in [0.717, 1.165) is 39.1 Å². The van der Waals surface area contributed by atoms with Crippen LogP contribution in [0.3, 0.4) is 0 Å². The molecule has 0 aromatic rings. The largest absolute Gasteiger partial charge is 0.483 e. The van der Waals surface area contributed by atoms with E-state index in [0.29, 0.717) is 24.3 Å². The Morgan fingerprint density at radius 3 is 2.57 bits per heavy atom. The molecule has 3 heterocycles. The van der Waals surface area contributed by atoms with Gasteiger partial charge in [-0.3, -0.25) is 14.5 Å². The lowest BCUT2D eigenvalue weighted by Gasteiger charge is -2.49. The van der Waals surface area contributed by atoms with Crippen molar-refractivity contribution in [3.63, 3.8) is 0 Å². The zero-order chi connectivity index (χ0) is 17.0. The highest BCUT2D eigenvalue weighted by Gasteiger charge is 2.48. The Bertz CT molecular complexity index is 462. The maximum absolute atomic E-state index is 11.8. The van der Waals surface area contributed by atoms with E-state index in [1.54, 1.807) is 0 Å². The highest BCUT2D eigenvalue weighted by molar-refractivity contribution is 5.78. The molecule has 1 spiro atoms. The number of rotatable bonds is 3. The van der Waals surface area contributed by atoms with E-state index in [-0.39, 0.29) is 18.0 Å². The number of carboxylic acid groups (broad SMARTS) is 1. The lowest BCUT2D eigenvalue weighted by atomic mass is 9.88. The molecule has 0 bridgehead atoms. The van der Waals surface area contributed by atoms with Crippen molar-refractivity contribution in [1.82, 2.24) is 20.4 Å². The summed E-state index contributed by atoms with van der Waals surface area (Å²) >= 11 is 0. The van der Waals surface area contributed by atoms with E-state index in [9.17, 15) is 9.59 Å². The van der Waals surface area contributed by atoms with E-state index >= 15 is 0 Å². The summed E-state index contributed by atoms with van der Waals surface area (Å²) in [4.78, 5) is 35.8. The van der Waals surface area contributed by atoms with Gasteiger partial charge in [0.1, 0.15) is 0 Å². The minimum atomic E-state index is -0.250. The number of hydrogen-bond donors (Lipinski definition) is 3. The number of carbonyl (C=O) groups excluding carboxylic acids is 2. The average molecular weight is 326 g/mol. The molecule has 0 radical (unpaired) electrons. The Morgan fingerprint density at radius 1 is 1.39 bits per heavy atom. The number of likely N-dealkylation sites (tertiary alicyclic amines) is 2. The Balaban J connectivity index is 0.000000595. The molecular formula is C15H26N4O4. The number of hydrogen-bond acceptors (Lipinski definition) is 4. The smallest absolute Gasteiger partial charge is 0.315 e. The summed E-state index contributed by atoms with van der Waals surface area (Å²) in [5.74, 6) is 0.862. The first kappa shape index (κ1) is 17.5. The van der Waals surface area contributed by atoms with E-state index < -0.39 is 0 Å². The summed E-state index contributed by atoms with van der Waals surface area (Å²) in [6.45, 7) is 8.43. The van der Waals surface area contributed by atoms with Crippen LogP contribution in [0.25, 0.3) is 0 Å². The number of nitrogens with one attached hydrogen (secondary N) is 2. The zero-order valence-corrected chi connectivity index (χ0v) is 13.7. The van der Waals surface area contributed by atoms with Crippen molar-refractivity contribution in [2.45, 2.75) is 38.3 Å². The van der Waals surface area contributed by atoms with Crippen molar-refractivity contribution >= 4 is 18.4 Å². The van der Waals surface area contributed by atoms with Gasteiger partial charge in [0.05, 0.1) is 5.54 Å². The number of nitrogens with zero attached hydrogens (tertiary/aromatic N) is 2. The number of carbonyl (C=O) groups is 3. The van der Waals surface area contributed by atoms with Gasteiger partial charge in [-0.2, -0.15) is 0 Å². The third-order valence-corrected chi connectivity index (χ3v) is 4.70. The van der Waals surface area contributed by atoms with Gasteiger partial charge < -0.3 is 20.6 Å². The third-order valence-electron chi connectivity index (χ3n) is 4.70. The highest BCUT2D eigenvalue weighted by Crippen LogP contribution is 2.27. The van der Waals surface area contributed by atoms with Gasteiger partial charge in [-0.05, 0) is 26.2 Å². The number of urea groups is 1. The van der Waals surface area contributed by atoms with Gasteiger partial charge in [0.2, 0.25) is 5.91 Å². The predicted octanol–water partition coefficient (Wildman–Crippen LogP) is -0.299. The molecule has 3 saturated heterocycles. The van der Waals surface area contributed by atoms with Gasteiger partial charge in [0.15, 0.2) is 0 Å². The lowest BCUT2D eigenvalue weighted by molar-refractivity contribution is -0.137. The van der Waals surface area contributed by atoms with Crippen LogP contribution in [0.5, 0.6) is 0 Å². The summed E-state index contributed by atoms with van der Waals surface area (Å²) in [6.07, 6.45) is 1.68. The molecular weight excluding hydrogens is 300 g/mol. The van der Waals surface area contributed by atoms with Crippen molar-refractivity contribution in [1.29, 1.82) is 0 Å². The minimum Gasteiger partial charge on any atom is -0.483 e. The van der Waals surface area contributed by atoms with E-state index in [1.807, 2.05) is 4.90 Å². The first-order chi connectivity index (χ1) is 10.9. The van der Waals surface area contributed by atoms with Crippen LogP contribution in [0.4, 0.5) is 4.79 Å². The standard InChI is InChI=1S/C14H24N4O2.CH2O2/c1-10(2)18-6-11(3-4-12(18)19)5-17-8-14(9-17)7-15-13(20)16-14;2-1-3/h10-11H,3-9H2,1-2H3,(H2,15,16,20);1H,(H,2,3). The number of amides is 3. The molecule has 23 heavy (non-hydrogen) atoms. The van der Waals surface area contributed by atoms with Crippen LogP contribution in [-0.2, 0) is 9.59 Å². The van der Waals surface area contributed by atoms with Crippen LogP contribution < -0.4 is 10.6 Å². The van der Waals surface area contributed by atoms with Crippen molar-refractivity contribution in [2.75, 3.05) is 32.7 Å². The Kier molecular flexibility index (Phi) is 5.46. The third kappa shape index (κ3) is 4.13. The zero-order valence-electron chi connectivity index (χ0n) is 13.7. The summed E-state index contributed by atoms with van der Waals surface area (Å²) in [5, 5.41) is 12.7. The minimum absolute atomic E-state index is 0.0285. The van der Waals surface area contributed by atoms with Gasteiger partial charge in [-0.1, -0.05) is 0 Å². The first-order valence-electron chi connectivity index (χ1n) is 8.05. The molecule has 8 heteroatoms. The Hall–Kier alpha value is -1.83. The fraction of sp³-hybridized carbons (Fsp3) is 0.800. The van der Waals surface area contributed by atoms with Crippen LogP contribution in [0.15, 0.2) is 0 Å². The van der Waals surface area contributed by atoms with Crippen molar-refractivity contribution < 1.29 is 19.5 Å². The van der Waals surface area contributed by atoms with Gasteiger partial charge in [-0.15, -0.1) is 0 Å². The van der Waals surface area contributed by atoms with Gasteiger partial charge in [0, 0.05) is 45.2 Å². The Morgan fingerprint density at radius 2 is 2.04 bits per heavy atom. The highest BCUT2D eigenvalue weighted by atomic mass is 16.3. The molecule has 3 amide bonds. The normalized spacial score (nSPS) is 26.2. The molecule has 1 atom stereocenters. The molecule has 0 saturated carbocycles. The molecule has 0 aromatic heterocycles. The molecule has 130 valence electrons. The second-order valence-corrected chi connectivity index (χ2v) is 6.91. The summed E-state index contributed by atoms with van der Waals surface area (Å²) in [5.41, 5.74) is -0.0285. The quantitative estimate of drug-likeness (QED) is 0.618. The van der Waals surface area contributed by atoms with Crippen molar-refractivity contribution in [2.24, 2.45) is 5.92 Å². The second-order valence-electron chi connectivity index (χ2n) is 6.91.